The standard InChI is InChI=1S/C32H38FN3O5S/c1-22-9-16-28(17-10-22)42(39,40)36(29-19-23(2)11-18-30(29)41-4)21-31(37)35(20-25-12-14-26(33)15-13-25)24(3)32(38)34-27-7-5-6-8-27/h9-19,24,27H,5-8,20-21H2,1-4H3,(H,34,38). The number of benzene rings is 3. The summed E-state index contributed by atoms with van der Waals surface area (Å²) in [4.78, 5) is 28.8. The van der Waals surface area contributed by atoms with E-state index in [-0.39, 0.29) is 34.8 Å². The summed E-state index contributed by atoms with van der Waals surface area (Å²) in [5, 5.41) is 3.04. The molecule has 3 aromatic rings. The van der Waals surface area contributed by atoms with Gasteiger partial charge in [-0.3, -0.25) is 13.9 Å². The van der Waals surface area contributed by atoms with Crippen molar-refractivity contribution in [1.82, 2.24) is 10.2 Å². The van der Waals surface area contributed by atoms with Crippen LogP contribution in [-0.4, -0.2) is 50.9 Å². The molecule has 0 heterocycles. The topological polar surface area (TPSA) is 96.0 Å². The van der Waals surface area contributed by atoms with Gasteiger partial charge in [-0.25, -0.2) is 12.8 Å². The van der Waals surface area contributed by atoms with E-state index in [0.29, 0.717) is 5.56 Å². The summed E-state index contributed by atoms with van der Waals surface area (Å²) in [7, 11) is -2.80. The molecule has 2 amide bonds. The number of carbonyl (C=O) groups is 2. The lowest BCUT2D eigenvalue weighted by atomic mass is 10.1. The van der Waals surface area contributed by atoms with Crippen molar-refractivity contribution in [2.75, 3.05) is 18.0 Å². The average Bonchev–Trinajstić information content (AvgIpc) is 3.48. The second-order valence-corrected chi connectivity index (χ2v) is 12.7. The number of nitrogens with one attached hydrogen (secondary N) is 1. The molecule has 1 aliphatic rings. The number of hydrogen-bond acceptors (Lipinski definition) is 5. The summed E-state index contributed by atoms with van der Waals surface area (Å²) < 4.78 is 48.4. The van der Waals surface area contributed by atoms with E-state index in [0.717, 1.165) is 41.1 Å². The maximum absolute atomic E-state index is 14.1. The molecule has 1 atom stereocenters. The van der Waals surface area contributed by atoms with Gasteiger partial charge in [0.15, 0.2) is 0 Å². The first-order valence-electron chi connectivity index (χ1n) is 14.1. The lowest BCUT2D eigenvalue weighted by Gasteiger charge is -2.33. The van der Waals surface area contributed by atoms with Crippen LogP contribution in [0.15, 0.2) is 71.6 Å². The fourth-order valence-corrected chi connectivity index (χ4v) is 6.52. The van der Waals surface area contributed by atoms with E-state index in [9.17, 15) is 22.4 Å². The normalized spacial score (nSPS) is 14.3. The van der Waals surface area contributed by atoms with E-state index in [1.165, 1.54) is 36.3 Å². The zero-order valence-corrected chi connectivity index (χ0v) is 25.3. The van der Waals surface area contributed by atoms with Gasteiger partial charge in [-0.15, -0.1) is 0 Å². The molecule has 0 spiro atoms. The summed E-state index contributed by atoms with van der Waals surface area (Å²) in [6.07, 6.45) is 3.81. The third-order valence-corrected chi connectivity index (χ3v) is 9.40. The van der Waals surface area contributed by atoms with Crippen molar-refractivity contribution < 1.29 is 27.1 Å². The van der Waals surface area contributed by atoms with Gasteiger partial charge in [-0.05, 0) is 81.1 Å². The van der Waals surface area contributed by atoms with E-state index in [1.807, 2.05) is 13.8 Å². The average molecular weight is 596 g/mol. The fraction of sp³-hybridized carbons (Fsp3) is 0.375. The maximum Gasteiger partial charge on any atom is 0.264 e. The number of hydrogen-bond donors (Lipinski definition) is 1. The molecule has 1 saturated carbocycles. The molecule has 3 aromatic carbocycles. The van der Waals surface area contributed by atoms with Gasteiger partial charge < -0.3 is 15.0 Å². The molecule has 0 radical (unpaired) electrons. The second-order valence-electron chi connectivity index (χ2n) is 10.8. The van der Waals surface area contributed by atoms with Crippen molar-refractivity contribution in [3.63, 3.8) is 0 Å². The highest BCUT2D eigenvalue weighted by molar-refractivity contribution is 7.92. The molecule has 0 aliphatic heterocycles. The first kappa shape index (κ1) is 31.0. The van der Waals surface area contributed by atoms with Gasteiger partial charge in [0.05, 0.1) is 17.7 Å². The van der Waals surface area contributed by atoms with Crippen molar-refractivity contribution in [3.05, 3.63) is 89.2 Å². The van der Waals surface area contributed by atoms with Crippen LogP contribution in [0.3, 0.4) is 0 Å². The van der Waals surface area contributed by atoms with E-state index in [2.05, 4.69) is 5.32 Å². The predicted molar refractivity (Wildman–Crippen MR) is 160 cm³/mol. The number of sulfonamides is 1. The van der Waals surface area contributed by atoms with Crippen LogP contribution < -0.4 is 14.4 Å². The van der Waals surface area contributed by atoms with Gasteiger partial charge in [0.1, 0.15) is 24.2 Å². The van der Waals surface area contributed by atoms with Gasteiger partial charge >= 0.3 is 0 Å². The summed E-state index contributed by atoms with van der Waals surface area (Å²) in [6, 6.07) is 16.3. The minimum absolute atomic E-state index is 0.0122. The van der Waals surface area contributed by atoms with Gasteiger partial charge in [0.2, 0.25) is 11.8 Å². The Hall–Kier alpha value is -3.92. The summed E-state index contributed by atoms with van der Waals surface area (Å²) in [6.45, 7) is 4.70. The minimum atomic E-state index is -4.24. The highest BCUT2D eigenvalue weighted by Crippen LogP contribution is 2.34. The molecule has 224 valence electrons. The Morgan fingerprint density at radius 3 is 2.21 bits per heavy atom. The molecule has 10 heteroatoms. The smallest absolute Gasteiger partial charge is 0.264 e. The number of amides is 2. The fourth-order valence-electron chi connectivity index (χ4n) is 5.11. The Kier molecular flexibility index (Phi) is 9.88. The van der Waals surface area contributed by atoms with Crippen LogP contribution in [0, 0.1) is 19.7 Å². The van der Waals surface area contributed by atoms with Crippen molar-refractivity contribution >= 4 is 27.5 Å². The lowest BCUT2D eigenvalue weighted by molar-refractivity contribution is -0.139. The molecule has 1 fully saturated rings. The molecule has 1 N–H and O–H groups in total. The SMILES string of the molecule is COc1ccc(C)cc1N(CC(=O)N(Cc1ccc(F)cc1)C(C)C(=O)NC1CCCC1)S(=O)(=O)c1ccc(C)cc1. The summed E-state index contributed by atoms with van der Waals surface area (Å²) in [5.41, 5.74) is 2.47. The number of carbonyl (C=O) groups excluding carboxylic acids is 2. The van der Waals surface area contributed by atoms with Crippen LogP contribution in [0.25, 0.3) is 0 Å². The number of aryl methyl sites for hydroxylation is 2. The van der Waals surface area contributed by atoms with Crippen LogP contribution in [0.2, 0.25) is 0 Å². The van der Waals surface area contributed by atoms with E-state index in [1.54, 1.807) is 49.4 Å². The first-order valence-corrected chi connectivity index (χ1v) is 15.5. The number of methoxy groups -OCH3 is 1. The predicted octanol–water partition coefficient (Wildman–Crippen LogP) is 5.12. The zero-order valence-electron chi connectivity index (χ0n) is 24.5. The van der Waals surface area contributed by atoms with Crippen LogP contribution >= 0.6 is 0 Å². The van der Waals surface area contributed by atoms with Gasteiger partial charge in [-0.1, -0.05) is 48.7 Å². The van der Waals surface area contributed by atoms with E-state index in [4.69, 9.17) is 4.74 Å². The number of ether oxygens (including phenoxy) is 1. The number of halogens is 1. The largest absolute Gasteiger partial charge is 0.495 e. The molecule has 0 aromatic heterocycles. The van der Waals surface area contributed by atoms with Crippen molar-refractivity contribution in [2.45, 2.75) is 70.0 Å². The first-order chi connectivity index (χ1) is 20.0. The Morgan fingerprint density at radius 1 is 0.976 bits per heavy atom. The number of anilines is 1. The second kappa shape index (κ2) is 13.4. The molecule has 1 aliphatic carbocycles. The zero-order chi connectivity index (χ0) is 30.4. The maximum atomic E-state index is 14.1. The van der Waals surface area contributed by atoms with Gasteiger partial charge in [0.25, 0.3) is 10.0 Å². The van der Waals surface area contributed by atoms with Crippen LogP contribution in [-0.2, 0) is 26.2 Å². The molecular weight excluding hydrogens is 557 g/mol. The number of rotatable bonds is 11. The molecule has 4 rings (SSSR count). The number of nitrogens with zero attached hydrogens (tertiary/aromatic N) is 2. The Bertz CT molecular complexity index is 1500. The van der Waals surface area contributed by atoms with Crippen molar-refractivity contribution in [2.24, 2.45) is 0 Å². The van der Waals surface area contributed by atoms with Crippen LogP contribution in [0.4, 0.5) is 10.1 Å². The molecule has 1 unspecified atom stereocenters. The highest BCUT2D eigenvalue weighted by atomic mass is 32.2. The molecular formula is C32H38FN3O5S. The molecule has 42 heavy (non-hydrogen) atoms. The summed E-state index contributed by atoms with van der Waals surface area (Å²) >= 11 is 0. The van der Waals surface area contributed by atoms with E-state index < -0.39 is 34.3 Å². The van der Waals surface area contributed by atoms with Crippen molar-refractivity contribution in [1.29, 1.82) is 0 Å². The van der Waals surface area contributed by atoms with E-state index >= 15 is 0 Å². The third kappa shape index (κ3) is 7.28. The molecule has 8 nitrogen and oxygen atoms in total. The monoisotopic (exact) mass is 595 g/mol. The Balaban J connectivity index is 1.73. The molecule has 0 bridgehead atoms. The Labute approximate surface area is 247 Å². The quantitative estimate of drug-likeness (QED) is 0.332. The van der Waals surface area contributed by atoms with Crippen LogP contribution in [0.5, 0.6) is 5.75 Å². The van der Waals surface area contributed by atoms with Gasteiger partial charge in [-0.2, -0.15) is 0 Å². The lowest BCUT2D eigenvalue weighted by Crippen LogP contribution is -2.52. The minimum Gasteiger partial charge on any atom is -0.495 e. The molecule has 0 saturated heterocycles. The van der Waals surface area contributed by atoms with Gasteiger partial charge in [0, 0.05) is 12.6 Å². The van der Waals surface area contributed by atoms with Crippen molar-refractivity contribution in [3.8, 4) is 5.75 Å². The summed E-state index contributed by atoms with van der Waals surface area (Å²) in [5.74, 6) is -1.06. The Morgan fingerprint density at radius 2 is 1.60 bits per heavy atom. The third-order valence-electron chi connectivity index (χ3n) is 7.63. The highest BCUT2D eigenvalue weighted by Gasteiger charge is 2.34. The van der Waals surface area contributed by atoms with Crippen LogP contribution in [0.1, 0.15) is 49.3 Å².